The van der Waals surface area contributed by atoms with Crippen molar-refractivity contribution in [3.8, 4) is 0 Å². The monoisotopic (exact) mass is 320 g/mol. The van der Waals surface area contributed by atoms with Crippen LogP contribution in [-0.2, 0) is 4.79 Å². The van der Waals surface area contributed by atoms with E-state index in [0.717, 1.165) is 18.9 Å². The lowest BCUT2D eigenvalue weighted by Gasteiger charge is -2.27. The molecule has 1 aromatic rings. The van der Waals surface area contributed by atoms with Crippen LogP contribution in [-0.4, -0.2) is 59.7 Å². The minimum absolute atomic E-state index is 0.107. The van der Waals surface area contributed by atoms with Gasteiger partial charge in [-0.05, 0) is 52.3 Å². The molecule has 1 amide bonds. The first-order valence-electron chi connectivity index (χ1n) is 8.25. The molecule has 0 bridgehead atoms. The third-order valence-electron chi connectivity index (χ3n) is 3.78. The number of aromatic nitrogens is 1. The van der Waals surface area contributed by atoms with Gasteiger partial charge in [-0.25, -0.2) is 4.98 Å². The molecule has 0 spiro atoms. The third-order valence-corrected chi connectivity index (χ3v) is 3.78. The summed E-state index contributed by atoms with van der Waals surface area (Å²) in [6, 6.07) is 3.85. The topological polar surface area (TPSA) is 68.7 Å². The minimum atomic E-state index is -0.813. The van der Waals surface area contributed by atoms with Crippen LogP contribution in [0.25, 0.3) is 0 Å². The van der Waals surface area contributed by atoms with Crippen molar-refractivity contribution in [3.05, 3.63) is 18.3 Å². The molecule has 1 aliphatic rings. The van der Waals surface area contributed by atoms with Crippen LogP contribution in [0.3, 0.4) is 0 Å². The van der Waals surface area contributed by atoms with E-state index in [1.807, 2.05) is 19.2 Å². The molecule has 2 heterocycles. The average Bonchev–Trinajstić information content (AvgIpc) is 2.46. The zero-order valence-corrected chi connectivity index (χ0v) is 14.4. The van der Waals surface area contributed by atoms with Gasteiger partial charge in [0.05, 0.1) is 24.0 Å². The molecule has 0 unspecified atom stereocenters. The van der Waals surface area contributed by atoms with E-state index in [4.69, 9.17) is 0 Å². The summed E-state index contributed by atoms with van der Waals surface area (Å²) in [6.07, 6.45) is 5.43. The molecule has 2 rings (SSSR count). The number of hydrogen-bond donors (Lipinski definition) is 2. The second-order valence-electron chi connectivity index (χ2n) is 6.99. The maximum Gasteiger partial charge on any atom is 0.238 e. The Hall–Kier alpha value is -1.66. The molecule has 0 radical (unpaired) electrons. The molecular weight excluding hydrogens is 292 g/mol. The fourth-order valence-electron chi connectivity index (χ4n) is 2.93. The summed E-state index contributed by atoms with van der Waals surface area (Å²) in [4.78, 5) is 20.6. The quantitative estimate of drug-likeness (QED) is 0.835. The second kappa shape index (κ2) is 7.75. The first-order valence-corrected chi connectivity index (χ1v) is 8.25. The van der Waals surface area contributed by atoms with Gasteiger partial charge in [0.1, 0.15) is 5.82 Å². The molecule has 2 N–H and O–H groups in total. The molecule has 1 fully saturated rings. The molecule has 1 aliphatic heterocycles. The van der Waals surface area contributed by atoms with Gasteiger partial charge in [-0.2, -0.15) is 0 Å². The van der Waals surface area contributed by atoms with Gasteiger partial charge in [0.15, 0.2) is 0 Å². The van der Waals surface area contributed by atoms with Crippen LogP contribution in [0, 0.1) is 0 Å². The zero-order chi connectivity index (χ0) is 16.9. The number of carbonyl (C=O) groups excluding carboxylic acids is 1. The van der Waals surface area contributed by atoms with Crippen molar-refractivity contribution in [1.82, 2.24) is 9.88 Å². The number of nitrogens with one attached hydrogen (secondary N) is 1. The number of pyridine rings is 1. The van der Waals surface area contributed by atoms with E-state index in [9.17, 15) is 9.90 Å². The smallest absolute Gasteiger partial charge is 0.238 e. The summed E-state index contributed by atoms with van der Waals surface area (Å²) in [5, 5.41) is 12.6. The van der Waals surface area contributed by atoms with E-state index < -0.39 is 5.60 Å². The maximum atomic E-state index is 12.0. The van der Waals surface area contributed by atoms with E-state index in [1.165, 1.54) is 19.3 Å². The summed E-state index contributed by atoms with van der Waals surface area (Å²) in [5.74, 6) is 0.867. The highest BCUT2D eigenvalue weighted by molar-refractivity contribution is 5.92. The average molecular weight is 320 g/mol. The Labute approximate surface area is 138 Å². The Morgan fingerprint density at radius 3 is 2.61 bits per heavy atom. The van der Waals surface area contributed by atoms with Crippen molar-refractivity contribution in [2.24, 2.45) is 0 Å². The van der Waals surface area contributed by atoms with Gasteiger partial charge in [0.25, 0.3) is 0 Å². The van der Waals surface area contributed by atoms with Gasteiger partial charge in [-0.3, -0.25) is 9.69 Å². The highest BCUT2D eigenvalue weighted by Gasteiger charge is 2.17. The normalized spacial score (nSPS) is 15.8. The number of likely N-dealkylation sites (N-methyl/N-ethyl adjacent to an activating group) is 1. The highest BCUT2D eigenvalue weighted by atomic mass is 16.3. The number of aliphatic hydroxyl groups is 1. The Morgan fingerprint density at radius 1 is 1.35 bits per heavy atom. The van der Waals surface area contributed by atoms with Crippen LogP contribution in [0.15, 0.2) is 18.3 Å². The zero-order valence-electron chi connectivity index (χ0n) is 14.4. The van der Waals surface area contributed by atoms with Crippen LogP contribution in [0.2, 0.25) is 0 Å². The molecular formula is C17H28N4O2. The Morgan fingerprint density at radius 2 is 2.04 bits per heavy atom. The lowest BCUT2D eigenvalue weighted by Crippen LogP contribution is -2.40. The number of rotatable bonds is 6. The number of amides is 1. The van der Waals surface area contributed by atoms with Crippen molar-refractivity contribution >= 4 is 17.4 Å². The minimum Gasteiger partial charge on any atom is -0.389 e. The van der Waals surface area contributed by atoms with Crippen LogP contribution < -0.4 is 10.2 Å². The SMILES string of the molecule is CN(CC(=O)Nc1ccc(N2CCCCC2)nc1)CC(C)(C)O. The van der Waals surface area contributed by atoms with Crippen LogP contribution in [0.5, 0.6) is 0 Å². The number of anilines is 2. The number of hydrogen-bond acceptors (Lipinski definition) is 5. The van der Waals surface area contributed by atoms with Crippen molar-refractivity contribution in [1.29, 1.82) is 0 Å². The van der Waals surface area contributed by atoms with Crippen LogP contribution in [0.4, 0.5) is 11.5 Å². The second-order valence-corrected chi connectivity index (χ2v) is 6.99. The largest absolute Gasteiger partial charge is 0.389 e. The summed E-state index contributed by atoms with van der Waals surface area (Å²) in [6.45, 7) is 6.24. The number of carbonyl (C=O) groups is 1. The fraction of sp³-hybridized carbons (Fsp3) is 0.647. The van der Waals surface area contributed by atoms with Crippen molar-refractivity contribution in [3.63, 3.8) is 0 Å². The predicted molar refractivity (Wildman–Crippen MR) is 92.7 cm³/mol. The Kier molecular flexibility index (Phi) is 5.96. The van der Waals surface area contributed by atoms with Gasteiger partial charge >= 0.3 is 0 Å². The van der Waals surface area contributed by atoms with Crippen LogP contribution >= 0.6 is 0 Å². The lowest BCUT2D eigenvalue weighted by atomic mass is 10.1. The maximum absolute atomic E-state index is 12.0. The molecule has 1 saturated heterocycles. The molecule has 1 aromatic heterocycles. The number of piperidine rings is 1. The summed E-state index contributed by atoms with van der Waals surface area (Å²) < 4.78 is 0. The molecule has 6 nitrogen and oxygen atoms in total. The van der Waals surface area contributed by atoms with Crippen molar-refractivity contribution in [2.45, 2.75) is 38.7 Å². The van der Waals surface area contributed by atoms with E-state index >= 15 is 0 Å². The lowest BCUT2D eigenvalue weighted by molar-refractivity contribution is -0.117. The van der Waals surface area contributed by atoms with E-state index in [2.05, 4.69) is 15.2 Å². The number of nitrogens with zero attached hydrogens (tertiary/aromatic N) is 3. The van der Waals surface area contributed by atoms with E-state index in [-0.39, 0.29) is 12.5 Å². The summed E-state index contributed by atoms with van der Waals surface area (Å²) in [5.41, 5.74) is -0.112. The van der Waals surface area contributed by atoms with Gasteiger partial charge in [0.2, 0.25) is 5.91 Å². The first kappa shape index (κ1) is 17.7. The summed E-state index contributed by atoms with van der Waals surface area (Å²) in [7, 11) is 1.81. The molecule has 0 saturated carbocycles. The van der Waals surface area contributed by atoms with Crippen molar-refractivity contribution in [2.75, 3.05) is 43.4 Å². The standard InChI is InChI=1S/C17H28N4O2/c1-17(2,23)13-20(3)12-16(22)19-14-7-8-15(18-11-14)21-9-5-4-6-10-21/h7-8,11,23H,4-6,9-10,12-13H2,1-3H3,(H,19,22). The molecule has 0 aliphatic carbocycles. The predicted octanol–water partition coefficient (Wildman–Crippen LogP) is 1.71. The fourth-order valence-corrected chi connectivity index (χ4v) is 2.93. The molecule has 128 valence electrons. The van der Waals surface area contributed by atoms with Gasteiger partial charge < -0.3 is 15.3 Å². The Balaban J connectivity index is 1.84. The highest BCUT2D eigenvalue weighted by Crippen LogP contribution is 2.18. The van der Waals surface area contributed by atoms with Gasteiger partial charge in [0, 0.05) is 19.6 Å². The van der Waals surface area contributed by atoms with E-state index in [1.54, 1.807) is 24.9 Å². The molecule has 0 aromatic carbocycles. The summed E-state index contributed by atoms with van der Waals surface area (Å²) >= 11 is 0. The Bertz CT molecular complexity index is 504. The van der Waals surface area contributed by atoms with Gasteiger partial charge in [-0.15, -0.1) is 0 Å². The third kappa shape index (κ3) is 6.15. The molecule has 0 atom stereocenters. The van der Waals surface area contributed by atoms with Crippen LogP contribution in [0.1, 0.15) is 33.1 Å². The molecule has 6 heteroatoms. The first-order chi connectivity index (χ1) is 10.8. The van der Waals surface area contributed by atoms with Crippen molar-refractivity contribution < 1.29 is 9.90 Å². The van der Waals surface area contributed by atoms with Gasteiger partial charge in [-0.1, -0.05) is 0 Å². The van der Waals surface area contributed by atoms with E-state index in [0.29, 0.717) is 12.2 Å². The molecule has 23 heavy (non-hydrogen) atoms.